The predicted molar refractivity (Wildman–Crippen MR) is 64.8 cm³/mol. The van der Waals surface area contributed by atoms with Crippen LogP contribution in [0.1, 0.15) is 20.3 Å². The summed E-state index contributed by atoms with van der Waals surface area (Å²) in [5.41, 5.74) is 0.393. The molecule has 0 radical (unpaired) electrons. The molecule has 1 unspecified atom stereocenters. The first-order chi connectivity index (χ1) is 8.06. The molecule has 2 N–H and O–H groups in total. The number of aliphatic hydroxyl groups is 1. The van der Waals surface area contributed by atoms with E-state index in [0.717, 1.165) is 0 Å². The number of aliphatic hydroxyl groups excluding tert-OH is 1. The lowest BCUT2D eigenvalue weighted by Gasteiger charge is -2.22. The van der Waals surface area contributed by atoms with Crippen molar-refractivity contribution in [1.82, 2.24) is 4.98 Å². The summed E-state index contributed by atoms with van der Waals surface area (Å²) in [6, 6.07) is 3.26. The molecule has 94 valence electrons. The smallest absolute Gasteiger partial charge is 0.386 e. The Balaban J connectivity index is 2.88. The maximum Gasteiger partial charge on any atom is 0.386 e. The van der Waals surface area contributed by atoms with Crippen LogP contribution in [-0.2, 0) is 0 Å². The fourth-order valence-electron chi connectivity index (χ4n) is 1.57. The molecule has 6 nitrogen and oxygen atoms in total. The molecule has 0 aliphatic carbocycles. The van der Waals surface area contributed by atoms with Crippen LogP contribution in [0.3, 0.4) is 0 Å². The summed E-state index contributed by atoms with van der Waals surface area (Å²) in [4.78, 5) is 14.0. The van der Waals surface area contributed by atoms with E-state index in [1.807, 2.05) is 13.8 Å². The summed E-state index contributed by atoms with van der Waals surface area (Å²) < 4.78 is 0. The van der Waals surface area contributed by atoms with Crippen LogP contribution < -0.4 is 5.32 Å². The van der Waals surface area contributed by atoms with Gasteiger partial charge in [-0.25, -0.2) is 0 Å². The molecule has 0 amide bonds. The van der Waals surface area contributed by atoms with Gasteiger partial charge in [0.1, 0.15) is 11.9 Å². The molecule has 0 aliphatic heterocycles. The molecule has 0 aromatic carbocycles. The molecule has 1 rings (SSSR count). The molecule has 0 spiro atoms. The molecule has 17 heavy (non-hydrogen) atoms. The lowest BCUT2D eigenvalue weighted by atomic mass is 10.0. The van der Waals surface area contributed by atoms with Gasteiger partial charge in [-0.3, -0.25) is 0 Å². The van der Waals surface area contributed by atoms with E-state index < -0.39 is 4.92 Å². The number of pyridine rings is 1. The maximum absolute atomic E-state index is 10.8. The van der Waals surface area contributed by atoms with E-state index in [2.05, 4.69) is 10.3 Å². The largest absolute Gasteiger partial charge is 0.396 e. The first-order valence-electron chi connectivity index (χ1n) is 5.53. The van der Waals surface area contributed by atoms with E-state index in [1.54, 1.807) is 12.1 Å². The van der Waals surface area contributed by atoms with Crippen LogP contribution in [0.4, 0.5) is 11.5 Å². The van der Waals surface area contributed by atoms with Gasteiger partial charge in [0.25, 0.3) is 0 Å². The Morgan fingerprint density at radius 1 is 1.59 bits per heavy atom. The highest BCUT2D eigenvalue weighted by Crippen LogP contribution is 2.23. The number of aromatic nitrogens is 1. The van der Waals surface area contributed by atoms with Gasteiger partial charge in [-0.15, -0.1) is 0 Å². The van der Waals surface area contributed by atoms with Crippen molar-refractivity contribution in [3.8, 4) is 0 Å². The Kier molecular flexibility index (Phi) is 4.84. The first-order valence-corrected chi connectivity index (χ1v) is 5.53. The monoisotopic (exact) mass is 239 g/mol. The molecular weight excluding hydrogens is 222 g/mol. The Morgan fingerprint density at radius 2 is 2.29 bits per heavy atom. The fraction of sp³-hybridized carbons (Fsp3) is 0.545. The lowest BCUT2D eigenvalue weighted by molar-refractivity contribution is -0.388. The average Bonchev–Trinajstić information content (AvgIpc) is 2.28. The van der Waals surface area contributed by atoms with E-state index in [9.17, 15) is 10.1 Å². The highest BCUT2D eigenvalue weighted by atomic mass is 16.6. The van der Waals surface area contributed by atoms with Gasteiger partial charge in [0.15, 0.2) is 0 Å². The minimum absolute atomic E-state index is 0.0112. The van der Waals surface area contributed by atoms with Crippen molar-refractivity contribution in [2.24, 2.45) is 5.92 Å². The molecule has 0 fully saturated rings. The quantitative estimate of drug-likeness (QED) is 0.583. The van der Waals surface area contributed by atoms with Gasteiger partial charge in [0.2, 0.25) is 0 Å². The summed E-state index contributed by atoms with van der Waals surface area (Å²) in [7, 11) is 0. The molecule has 1 aromatic heterocycles. The molecule has 1 atom stereocenters. The van der Waals surface area contributed by atoms with Crippen molar-refractivity contribution in [3.63, 3.8) is 0 Å². The van der Waals surface area contributed by atoms with Crippen LogP contribution in [0.25, 0.3) is 0 Å². The fourth-order valence-corrected chi connectivity index (χ4v) is 1.57. The number of rotatable bonds is 6. The number of anilines is 1. The van der Waals surface area contributed by atoms with Crippen molar-refractivity contribution < 1.29 is 10.0 Å². The van der Waals surface area contributed by atoms with Crippen molar-refractivity contribution in [2.45, 2.75) is 26.3 Å². The second-order valence-corrected chi connectivity index (χ2v) is 4.14. The summed E-state index contributed by atoms with van der Waals surface area (Å²) in [5.74, 6) is 0.0815. The lowest BCUT2D eigenvalue weighted by Crippen LogP contribution is -2.27. The number of nitrogens with zero attached hydrogens (tertiary/aromatic N) is 2. The molecule has 0 aliphatic rings. The van der Waals surface area contributed by atoms with E-state index in [4.69, 9.17) is 5.11 Å². The zero-order valence-electron chi connectivity index (χ0n) is 9.96. The topological polar surface area (TPSA) is 88.3 Å². The normalized spacial score (nSPS) is 12.5. The molecule has 6 heteroatoms. The van der Waals surface area contributed by atoms with Gasteiger partial charge in [-0.05, 0) is 34.4 Å². The van der Waals surface area contributed by atoms with Crippen LogP contribution >= 0.6 is 0 Å². The number of nitro groups is 1. The Hall–Kier alpha value is -1.69. The second-order valence-electron chi connectivity index (χ2n) is 4.14. The summed E-state index contributed by atoms with van der Waals surface area (Å²) in [5, 5.41) is 22.8. The van der Waals surface area contributed by atoms with Crippen LogP contribution in [-0.4, -0.2) is 27.7 Å². The van der Waals surface area contributed by atoms with Crippen molar-refractivity contribution in [2.75, 3.05) is 11.9 Å². The molecule has 0 saturated carbocycles. The number of hydrogen-bond donors (Lipinski definition) is 2. The minimum Gasteiger partial charge on any atom is -0.396 e. The van der Waals surface area contributed by atoms with Gasteiger partial charge in [-0.2, -0.15) is 0 Å². The third-order valence-electron chi connectivity index (χ3n) is 2.55. The zero-order valence-corrected chi connectivity index (χ0v) is 9.96. The Bertz CT molecular complexity index is 382. The maximum atomic E-state index is 10.8. The highest BCUT2D eigenvalue weighted by molar-refractivity contribution is 5.57. The van der Waals surface area contributed by atoms with E-state index >= 15 is 0 Å². The average molecular weight is 239 g/mol. The van der Waals surface area contributed by atoms with E-state index in [1.165, 1.54) is 6.20 Å². The molecule has 1 aromatic rings. The zero-order chi connectivity index (χ0) is 12.8. The molecular formula is C11H17N3O3. The molecule has 1 heterocycles. The third kappa shape index (κ3) is 3.67. The Labute approximate surface area is 99.8 Å². The third-order valence-corrected chi connectivity index (χ3v) is 2.55. The van der Waals surface area contributed by atoms with Gasteiger partial charge >= 0.3 is 5.82 Å². The van der Waals surface area contributed by atoms with Crippen LogP contribution in [0, 0.1) is 16.0 Å². The second kappa shape index (κ2) is 6.15. The minimum atomic E-state index is -0.515. The number of nitrogens with one attached hydrogen (secondary N) is 1. The number of hydrogen-bond acceptors (Lipinski definition) is 5. The molecule has 0 bridgehead atoms. The van der Waals surface area contributed by atoms with Gasteiger partial charge < -0.3 is 20.5 Å². The molecule has 0 saturated heterocycles. The van der Waals surface area contributed by atoms with Crippen molar-refractivity contribution in [3.05, 3.63) is 28.4 Å². The SMILES string of the molecule is CC(C)C(CCO)Nc1cccnc1[N+](=O)[O-]. The summed E-state index contributed by atoms with van der Waals surface area (Å²) in [6.45, 7) is 4.04. The standard InChI is InChI=1S/C11H17N3O3/c1-8(2)9(5-7-15)13-10-4-3-6-12-11(10)14(16)17/h3-4,6,8-9,13,15H,5,7H2,1-2H3. The summed E-state index contributed by atoms with van der Waals surface area (Å²) in [6.07, 6.45) is 1.93. The van der Waals surface area contributed by atoms with Crippen molar-refractivity contribution in [1.29, 1.82) is 0 Å². The summed E-state index contributed by atoms with van der Waals surface area (Å²) >= 11 is 0. The van der Waals surface area contributed by atoms with Crippen LogP contribution in [0.5, 0.6) is 0 Å². The highest BCUT2D eigenvalue weighted by Gasteiger charge is 2.19. The van der Waals surface area contributed by atoms with E-state index in [-0.39, 0.29) is 24.4 Å². The van der Waals surface area contributed by atoms with Crippen molar-refractivity contribution >= 4 is 11.5 Å². The van der Waals surface area contributed by atoms with E-state index in [0.29, 0.717) is 12.1 Å². The predicted octanol–water partition coefficient (Wildman–Crippen LogP) is 1.81. The van der Waals surface area contributed by atoms with Gasteiger partial charge in [0, 0.05) is 12.6 Å². The van der Waals surface area contributed by atoms with Crippen LogP contribution in [0.2, 0.25) is 0 Å². The van der Waals surface area contributed by atoms with Crippen LogP contribution in [0.15, 0.2) is 18.3 Å². The van der Waals surface area contributed by atoms with Gasteiger partial charge in [0.05, 0.1) is 0 Å². The Morgan fingerprint density at radius 3 is 2.82 bits per heavy atom. The van der Waals surface area contributed by atoms with Gasteiger partial charge in [-0.1, -0.05) is 13.8 Å². The first kappa shape index (κ1) is 13.4.